The van der Waals surface area contributed by atoms with Crippen LogP contribution in [-0.2, 0) is 28.6 Å². The van der Waals surface area contributed by atoms with E-state index in [0.29, 0.717) is 19.3 Å². The molecule has 0 heterocycles. The van der Waals surface area contributed by atoms with Crippen molar-refractivity contribution in [1.29, 1.82) is 0 Å². The summed E-state index contributed by atoms with van der Waals surface area (Å²) in [6.45, 7) is 6.59. The number of hydrogen-bond acceptors (Lipinski definition) is 6. The molecule has 0 bridgehead atoms. The van der Waals surface area contributed by atoms with E-state index in [-0.39, 0.29) is 31.1 Å². The number of unbranched alkanes of at least 4 members (excludes halogenated alkanes) is 45. The van der Waals surface area contributed by atoms with Crippen molar-refractivity contribution in [3.05, 3.63) is 48.6 Å². The van der Waals surface area contributed by atoms with Crippen LogP contribution in [0.3, 0.4) is 0 Å². The largest absolute Gasteiger partial charge is 0.462 e. The molecule has 0 amide bonds. The molecule has 0 aromatic carbocycles. The maximum Gasteiger partial charge on any atom is 0.306 e. The van der Waals surface area contributed by atoms with Gasteiger partial charge in [-0.25, -0.2) is 0 Å². The van der Waals surface area contributed by atoms with E-state index in [9.17, 15) is 14.4 Å². The van der Waals surface area contributed by atoms with E-state index in [1.807, 2.05) is 0 Å². The minimum atomic E-state index is -0.785. The molecule has 0 aromatic heterocycles. The maximum absolute atomic E-state index is 12.9. The monoisotopic (exact) mass is 1090 g/mol. The summed E-state index contributed by atoms with van der Waals surface area (Å²) in [6, 6.07) is 0. The summed E-state index contributed by atoms with van der Waals surface area (Å²) in [4.78, 5) is 38.3. The first kappa shape index (κ1) is 75.4. The van der Waals surface area contributed by atoms with Crippen molar-refractivity contribution in [3.63, 3.8) is 0 Å². The molecule has 0 N–H and O–H groups in total. The summed E-state index contributed by atoms with van der Waals surface area (Å²) in [6.07, 6.45) is 84.4. The van der Waals surface area contributed by atoms with Gasteiger partial charge in [0.1, 0.15) is 13.2 Å². The predicted molar refractivity (Wildman–Crippen MR) is 339 cm³/mol. The van der Waals surface area contributed by atoms with Gasteiger partial charge in [0, 0.05) is 19.3 Å². The molecule has 6 nitrogen and oxygen atoms in total. The fourth-order valence-electron chi connectivity index (χ4n) is 10.3. The van der Waals surface area contributed by atoms with Crippen molar-refractivity contribution in [2.24, 2.45) is 0 Å². The van der Waals surface area contributed by atoms with E-state index in [0.717, 1.165) is 103 Å². The average molecular weight is 1090 g/mol. The molecule has 0 rings (SSSR count). The molecule has 0 aliphatic heterocycles. The smallest absolute Gasteiger partial charge is 0.306 e. The van der Waals surface area contributed by atoms with Crippen LogP contribution in [0.25, 0.3) is 0 Å². The van der Waals surface area contributed by atoms with Crippen molar-refractivity contribution in [1.82, 2.24) is 0 Å². The van der Waals surface area contributed by atoms with Gasteiger partial charge in [-0.05, 0) is 70.6 Å². The Hall–Kier alpha value is -2.63. The lowest BCUT2D eigenvalue weighted by Crippen LogP contribution is -2.30. The summed E-state index contributed by atoms with van der Waals surface area (Å²) in [7, 11) is 0. The number of carbonyl (C=O) groups excluding carboxylic acids is 3. The zero-order chi connectivity index (χ0) is 56.4. The van der Waals surface area contributed by atoms with Crippen molar-refractivity contribution < 1.29 is 28.6 Å². The molecule has 0 aliphatic carbocycles. The number of ether oxygens (including phenoxy) is 3. The molecule has 456 valence electrons. The molecule has 0 spiro atoms. The van der Waals surface area contributed by atoms with Crippen LogP contribution in [0.1, 0.15) is 374 Å². The van der Waals surface area contributed by atoms with E-state index >= 15 is 0 Å². The van der Waals surface area contributed by atoms with E-state index < -0.39 is 6.10 Å². The Balaban J connectivity index is 4.10. The van der Waals surface area contributed by atoms with Gasteiger partial charge in [-0.2, -0.15) is 0 Å². The lowest BCUT2D eigenvalue weighted by molar-refractivity contribution is -0.167. The topological polar surface area (TPSA) is 78.9 Å². The van der Waals surface area contributed by atoms with Crippen LogP contribution in [0.4, 0.5) is 0 Å². The number of allylic oxidation sites excluding steroid dienone is 8. The van der Waals surface area contributed by atoms with Gasteiger partial charge in [0.15, 0.2) is 6.10 Å². The Morgan fingerprint density at radius 1 is 0.256 bits per heavy atom. The van der Waals surface area contributed by atoms with Crippen molar-refractivity contribution >= 4 is 17.9 Å². The third-order valence-electron chi connectivity index (χ3n) is 15.6. The van der Waals surface area contributed by atoms with Crippen molar-refractivity contribution in [2.75, 3.05) is 13.2 Å². The second-order valence-corrected chi connectivity index (χ2v) is 23.4. The van der Waals surface area contributed by atoms with Crippen LogP contribution in [0.15, 0.2) is 48.6 Å². The molecular weight excluding hydrogens is 961 g/mol. The highest BCUT2D eigenvalue weighted by molar-refractivity contribution is 5.71. The summed E-state index contributed by atoms with van der Waals surface area (Å²) >= 11 is 0. The van der Waals surface area contributed by atoms with Crippen LogP contribution in [0.2, 0.25) is 0 Å². The zero-order valence-corrected chi connectivity index (χ0v) is 52.5. The summed E-state index contributed by atoms with van der Waals surface area (Å²) in [5.74, 6) is -0.889. The molecule has 0 radical (unpaired) electrons. The first-order chi connectivity index (χ1) is 38.5. The van der Waals surface area contributed by atoms with E-state index in [1.165, 1.54) is 231 Å². The lowest BCUT2D eigenvalue weighted by Gasteiger charge is -2.18. The van der Waals surface area contributed by atoms with Gasteiger partial charge in [-0.15, -0.1) is 0 Å². The Kier molecular flexibility index (Phi) is 64.6. The molecule has 1 unspecified atom stereocenters. The van der Waals surface area contributed by atoms with E-state index in [1.54, 1.807) is 0 Å². The molecule has 0 fully saturated rings. The number of rotatable bonds is 64. The van der Waals surface area contributed by atoms with Crippen LogP contribution >= 0.6 is 0 Å². The summed E-state index contributed by atoms with van der Waals surface area (Å²) in [5.41, 5.74) is 0. The molecular formula is C72H132O6. The number of hydrogen-bond donors (Lipinski definition) is 0. The van der Waals surface area contributed by atoms with Gasteiger partial charge in [0.05, 0.1) is 0 Å². The quantitative estimate of drug-likeness (QED) is 0.0261. The van der Waals surface area contributed by atoms with Gasteiger partial charge in [-0.3, -0.25) is 14.4 Å². The minimum Gasteiger partial charge on any atom is -0.462 e. The van der Waals surface area contributed by atoms with Crippen LogP contribution in [0.5, 0.6) is 0 Å². The highest BCUT2D eigenvalue weighted by Crippen LogP contribution is 2.18. The lowest BCUT2D eigenvalue weighted by atomic mass is 10.0. The highest BCUT2D eigenvalue weighted by Gasteiger charge is 2.19. The minimum absolute atomic E-state index is 0.0802. The molecule has 0 saturated heterocycles. The van der Waals surface area contributed by atoms with Crippen LogP contribution in [-0.4, -0.2) is 37.2 Å². The highest BCUT2D eigenvalue weighted by atomic mass is 16.6. The van der Waals surface area contributed by atoms with E-state index in [2.05, 4.69) is 69.4 Å². The van der Waals surface area contributed by atoms with Gasteiger partial charge in [0.25, 0.3) is 0 Å². The maximum atomic E-state index is 12.9. The van der Waals surface area contributed by atoms with Crippen LogP contribution < -0.4 is 0 Å². The second-order valence-electron chi connectivity index (χ2n) is 23.4. The fraction of sp³-hybridized carbons (Fsp3) is 0.847. The number of carbonyl (C=O) groups is 3. The van der Waals surface area contributed by atoms with Crippen LogP contribution in [0, 0.1) is 0 Å². The fourth-order valence-corrected chi connectivity index (χ4v) is 10.3. The van der Waals surface area contributed by atoms with Crippen molar-refractivity contribution in [2.45, 2.75) is 380 Å². The Morgan fingerprint density at radius 3 is 0.744 bits per heavy atom. The van der Waals surface area contributed by atoms with Gasteiger partial charge in [-0.1, -0.05) is 333 Å². The Labute approximate surface area is 486 Å². The van der Waals surface area contributed by atoms with Gasteiger partial charge in [0.2, 0.25) is 0 Å². The second kappa shape index (κ2) is 66.9. The Bertz CT molecular complexity index is 1350. The first-order valence-corrected chi connectivity index (χ1v) is 34.6. The average Bonchev–Trinajstić information content (AvgIpc) is 3.44. The third kappa shape index (κ3) is 64.2. The molecule has 0 aliphatic rings. The molecule has 6 heteroatoms. The summed E-state index contributed by atoms with van der Waals surface area (Å²) < 4.78 is 16.9. The standard InChI is InChI=1S/C72H132O6/c1-4-7-10-13-16-19-22-25-28-29-30-31-32-33-34-35-36-37-38-39-40-41-42-43-44-45-48-50-53-56-59-62-65-71(74)77-68-69(78-72(75)66-63-60-57-54-51-47-27-24-21-18-15-12-9-6-3)67-76-70(73)64-61-58-55-52-49-46-26-23-20-17-14-11-8-5-2/h14-15,17-18,23-24,26-27,69H,4-13,16,19-22,25,28-68H2,1-3H3/b17-14-,18-15-,26-23-,27-24-. The molecule has 1 atom stereocenters. The van der Waals surface area contributed by atoms with Crippen molar-refractivity contribution in [3.8, 4) is 0 Å². The third-order valence-corrected chi connectivity index (χ3v) is 15.6. The Morgan fingerprint density at radius 2 is 0.474 bits per heavy atom. The molecule has 0 saturated carbocycles. The SMILES string of the molecule is CCCC/C=C\C/C=C\CCCCCCCC(=O)OCC(COC(=O)CCCCCCCCCCCCCCCCCCCCCCCCCCCCCCCCCC)OC(=O)CCCCCCC/C=C\C/C=C\CCCC. The normalized spacial score (nSPS) is 12.3. The van der Waals surface area contributed by atoms with E-state index in [4.69, 9.17) is 14.2 Å². The summed E-state index contributed by atoms with van der Waals surface area (Å²) in [5, 5.41) is 0. The number of esters is 3. The van der Waals surface area contributed by atoms with Gasteiger partial charge >= 0.3 is 17.9 Å². The molecule has 0 aromatic rings. The first-order valence-electron chi connectivity index (χ1n) is 34.6. The molecule has 78 heavy (non-hydrogen) atoms. The van der Waals surface area contributed by atoms with Gasteiger partial charge < -0.3 is 14.2 Å². The zero-order valence-electron chi connectivity index (χ0n) is 52.5. The predicted octanol–water partition coefficient (Wildman–Crippen LogP) is 23.7.